The fourth-order valence-electron chi connectivity index (χ4n) is 3.04. The first-order valence-electron chi connectivity index (χ1n) is 9.02. The Morgan fingerprint density at radius 2 is 1.88 bits per heavy atom. The SMILES string of the molecule is c1cnc2c(c1)CN(CC1CC1)CCOCCOc1ccccc1O2. The van der Waals surface area contributed by atoms with Gasteiger partial charge in [0.2, 0.25) is 5.88 Å². The van der Waals surface area contributed by atoms with E-state index in [-0.39, 0.29) is 0 Å². The van der Waals surface area contributed by atoms with Crippen LogP contribution in [0.4, 0.5) is 0 Å². The third-order valence-corrected chi connectivity index (χ3v) is 4.55. The van der Waals surface area contributed by atoms with Crippen LogP contribution in [0.15, 0.2) is 42.6 Å². The Morgan fingerprint density at radius 3 is 2.76 bits per heavy atom. The van der Waals surface area contributed by atoms with Gasteiger partial charge in [0, 0.05) is 31.4 Å². The van der Waals surface area contributed by atoms with E-state index in [1.807, 2.05) is 30.3 Å². The number of fused-ring (bicyclic) bond motifs is 2. The molecule has 2 aromatic rings. The predicted octanol–water partition coefficient (Wildman–Crippen LogP) is 3.49. The molecule has 0 amide bonds. The molecule has 0 atom stereocenters. The molecular formula is C20H24N2O3. The lowest BCUT2D eigenvalue weighted by Gasteiger charge is -2.23. The van der Waals surface area contributed by atoms with Crippen molar-refractivity contribution in [2.24, 2.45) is 5.92 Å². The fourth-order valence-corrected chi connectivity index (χ4v) is 3.04. The van der Waals surface area contributed by atoms with Crippen molar-refractivity contribution in [3.8, 4) is 17.4 Å². The van der Waals surface area contributed by atoms with Gasteiger partial charge in [0.1, 0.15) is 6.61 Å². The summed E-state index contributed by atoms with van der Waals surface area (Å²) in [6.45, 7) is 4.66. The number of hydrogen-bond acceptors (Lipinski definition) is 5. The Hall–Kier alpha value is -2.11. The first-order valence-corrected chi connectivity index (χ1v) is 9.02. The van der Waals surface area contributed by atoms with Gasteiger partial charge >= 0.3 is 0 Å². The van der Waals surface area contributed by atoms with Gasteiger partial charge in [-0.2, -0.15) is 0 Å². The first-order chi connectivity index (χ1) is 12.4. The van der Waals surface area contributed by atoms with Gasteiger partial charge in [-0.15, -0.1) is 0 Å². The lowest BCUT2D eigenvalue weighted by Crippen LogP contribution is -2.30. The minimum absolute atomic E-state index is 0.512. The topological polar surface area (TPSA) is 43.8 Å². The summed E-state index contributed by atoms with van der Waals surface area (Å²) in [5, 5.41) is 0. The molecule has 1 fully saturated rings. The van der Waals surface area contributed by atoms with E-state index in [0.717, 1.165) is 36.9 Å². The average molecular weight is 340 g/mol. The predicted molar refractivity (Wildman–Crippen MR) is 95.1 cm³/mol. The van der Waals surface area contributed by atoms with Gasteiger partial charge < -0.3 is 14.2 Å². The lowest BCUT2D eigenvalue weighted by molar-refractivity contribution is 0.0768. The number of benzene rings is 1. The van der Waals surface area contributed by atoms with Crippen LogP contribution in [0.5, 0.6) is 17.4 Å². The normalized spacial score (nSPS) is 19.2. The first kappa shape index (κ1) is 16.4. The Kier molecular flexibility index (Phi) is 5.14. The molecular weight excluding hydrogens is 316 g/mol. The molecule has 0 unspecified atom stereocenters. The van der Waals surface area contributed by atoms with Crippen LogP contribution in [0, 0.1) is 5.92 Å². The van der Waals surface area contributed by atoms with E-state index in [9.17, 15) is 0 Å². The van der Waals surface area contributed by atoms with Crippen LogP contribution in [0.1, 0.15) is 18.4 Å². The van der Waals surface area contributed by atoms with E-state index in [2.05, 4.69) is 16.0 Å². The van der Waals surface area contributed by atoms with E-state index in [4.69, 9.17) is 14.2 Å². The minimum atomic E-state index is 0.512. The van der Waals surface area contributed by atoms with Crippen LogP contribution in [0.2, 0.25) is 0 Å². The lowest BCUT2D eigenvalue weighted by atomic mass is 10.2. The standard InChI is InChI=1S/C20H24N2O3/c1-2-6-19-18(5-1)24-13-12-23-11-10-22(14-16-7-8-16)15-17-4-3-9-21-20(17)25-19/h1-6,9,16H,7-8,10-15H2. The molecule has 5 nitrogen and oxygen atoms in total. The largest absolute Gasteiger partial charge is 0.487 e. The smallest absolute Gasteiger partial charge is 0.223 e. The highest BCUT2D eigenvalue weighted by Gasteiger charge is 2.25. The number of pyridine rings is 1. The van der Waals surface area contributed by atoms with Crippen molar-refractivity contribution in [2.75, 3.05) is 32.9 Å². The highest BCUT2D eigenvalue weighted by molar-refractivity contribution is 5.42. The molecule has 2 aliphatic rings. The van der Waals surface area contributed by atoms with Crippen molar-refractivity contribution in [1.82, 2.24) is 9.88 Å². The molecule has 1 aliphatic carbocycles. The Morgan fingerprint density at radius 1 is 1.00 bits per heavy atom. The molecule has 0 radical (unpaired) electrons. The van der Waals surface area contributed by atoms with E-state index >= 15 is 0 Å². The van der Waals surface area contributed by atoms with Crippen molar-refractivity contribution >= 4 is 0 Å². The maximum atomic E-state index is 6.12. The average Bonchev–Trinajstić information content (AvgIpc) is 3.44. The van der Waals surface area contributed by atoms with Gasteiger partial charge in [0.15, 0.2) is 11.5 Å². The molecule has 0 saturated heterocycles. The Balaban J connectivity index is 1.61. The van der Waals surface area contributed by atoms with Crippen LogP contribution in [0.25, 0.3) is 0 Å². The van der Waals surface area contributed by atoms with E-state index in [1.54, 1.807) is 6.20 Å². The zero-order chi connectivity index (χ0) is 16.9. The summed E-state index contributed by atoms with van der Waals surface area (Å²) in [7, 11) is 0. The van der Waals surface area contributed by atoms with Gasteiger partial charge in [-0.05, 0) is 37.0 Å². The number of rotatable bonds is 2. The number of ether oxygens (including phenoxy) is 3. The van der Waals surface area contributed by atoms with Crippen molar-refractivity contribution < 1.29 is 14.2 Å². The van der Waals surface area contributed by atoms with Crippen LogP contribution in [-0.4, -0.2) is 42.8 Å². The molecule has 1 aromatic heterocycles. The van der Waals surface area contributed by atoms with Gasteiger partial charge in [0.25, 0.3) is 0 Å². The number of nitrogens with zero attached hydrogens (tertiary/aromatic N) is 2. The molecule has 4 rings (SSSR count). The quantitative estimate of drug-likeness (QED) is 0.837. The molecule has 132 valence electrons. The summed E-state index contributed by atoms with van der Waals surface area (Å²) in [6.07, 6.45) is 4.46. The van der Waals surface area contributed by atoms with Crippen LogP contribution >= 0.6 is 0 Å². The van der Waals surface area contributed by atoms with E-state index in [0.29, 0.717) is 31.5 Å². The van der Waals surface area contributed by atoms with Gasteiger partial charge in [-0.25, -0.2) is 4.98 Å². The molecule has 1 saturated carbocycles. The summed E-state index contributed by atoms with van der Waals surface area (Å²) in [5.74, 6) is 2.90. The summed E-state index contributed by atoms with van der Waals surface area (Å²) >= 11 is 0. The third-order valence-electron chi connectivity index (χ3n) is 4.55. The van der Waals surface area contributed by atoms with Crippen molar-refractivity contribution in [3.05, 3.63) is 48.2 Å². The number of para-hydroxylation sites is 2. The molecule has 25 heavy (non-hydrogen) atoms. The molecule has 0 N–H and O–H groups in total. The molecule has 2 heterocycles. The van der Waals surface area contributed by atoms with Crippen LogP contribution < -0.4 is 9.47 Å². The summed E-state index contributed by atoms with van der Waals surface area (Å²) in [4.78, 5) is 6.91. The van der Waals surface area contributed by atoms with Crippen LogP contribution in [0.3, 0.4) is 0 Å². The maximum Gasteiger partial charge on any atom is 0.223 e. The van der Waals surface area contributed by atoms with Gasteiger partial charge in [-0.1, -0.05) is 18.2 Å². The minimum Gasteiger partial charge on any atom is -0.487 e. The van der Waals surface area contributed by atoms with Gasteiger partial charge in [-0.3, -0.25) is 4.90 Å². The monoisotopic (exact) mass is 340 g/mol. The highest BCUT2D eigenvalue weighted by atomic mass is 16.5. The van der Waals surface area contributed by atoms with Crippen molar-refractivity contribution in [2.45, 2.75) is 19.4 Å². The zero-order valence-corrected chi connectivity index (χ0v) is 14.4. The van der Waals surface area contributed by atoms with Gasteiger partial charge in [0.05, 0.1) is 13.2 Å². The zero-order valence-electron chi connectivity index (χ0n) is 14.4. The summed E-state index contributed by atoms with van der Waals surface area (Å²) in [6, 6.07) is 11.8. The summed E-state index contributed by atoms with van der Waals surface area (Å²) in [5.41, 5.74) is 1.09. The Labute approximate surface area is 148 Å². The molecule has 0 spiro atoms. The second-order valence-corrected chi connectivity index (χ2v) is 6.66. The van der Waals surface area contributed by atoms with Crippen molar-refractivity contribution in [1.29, 1.82) is 0 Å². The molecule has 0 bridgehead atoms. The third kappa shape index (κ3) is 4.50. The maximum absolute atomic E-state index is 6.12. The number of hydrogen-bond donors (Lipinski definition) is 0. The molecule has 5 heteroatoms. The second kappa shape index (κ2) is 7.85. The Bertz CT molecular complexity index is 703. The number of aromatic nitrogens is 1. The van der Waals surface area contributed by atoms with E-state index in [1.165, 1.54) is 12.8 Å². The second-order valence-electron chi connectivity index (χ2n) is 6.66. The van der Waals surface area contributed by atoms with Crippen LogP contribution in [-0.2, 0) is 11.3 Å². The molecule has 1 aromatic carbocycles. The van der Waals surface area contributed by atoms with Crippen molar-refractivity contribution in [3.63, 3.8) is 0 Å². The fraction of sp³-hybridized carbons (Fsp3) is 0.450. The molecule has 1 aliphatic heterocycles. The van der Waals surface area contributed by atoms with E-state index < -0.39 is 0 Å². The summed E-state index contributed by atoms with van der Waals surface area (Å²) < 4.78 is 17.7. The highest BCUT2D eigenvalue weighted by Crippen LogP contribution is 2.33.